The van der Waals surface area contributed by atoms with Crippen molar-refractivity contribution < 1.29 is 0 Å². The lowest BCUT2D eigenvalue weighted by Crippen LogP contribution is -2.52. The summed E-state index contributed by atoms with van der Waals surface area (Å²) in [5.41, 5.74) is 0. The highest BCUT2D eigenvalue weighted by Gasteiger charge is 2.20. The zero-order valence-electron chi connectivity index (χ0n) is 13.4. The molecule has 0 bridgehead atoms. The molecule has 2 heterocycles. The maximum absolute atomic E-state index is 3.67. The molecule has 2 fully saturated rings. The molecule has 0 spiro atoms. The van der Waals surface area contributed by atoms with Crippen LogP contribution >= 0.6 is 0 Å². The second-order valence-electron chi connectivity index (χ2n) is 6.60. The zero-order chi connectivity index (χ0) is 14.2. The third-order valence-electron chi connectivity index (χ3n) is 4.96. The van der Waals surface area contributed by atoms with E-state index in [9.17, 15) is 0 Å². The topological polar surface area (TPSA) is 48.1 Å². The average Bonchev–Trinajstić information content (AvgIpc) is 2.53. The van der Waals surface area contributed by atoms with Crippen molar-refractivity contribution in [2.45, 2.75) is 76.5 Å². The first-order valence-corrected chi connectivity index (χ1v) is 8.71. The fourth-order valence-electron chi connectivity index (χ4n) is 3.50. The maximum atomic E-state index is 3.67. The van der Waals surface area contributed by atoms with E-state index in [0.717, 1.165) is 13.1 Å². The Balaban J connectivity index is 1.53. The molecule has 4 atom stereocenters. The van der Waals surface area contributed by atoms with Crippen LogP contribution in [-0.4, -0.2) is 50.3 Å². The van der Waals surface area contributed by atoms with Crippen LogP contribution in [0.5, 0.6) is 0 Å². The molecule has 0 amide bonds. The Labute approximate surface area is 124 Å². The van der Waals surface area contributed by atoms with E-state index in [-0.39, 0.29) is 0 Å². The Morgan fingerprint density at radius 3 is 1.60 bits per heavy atom. The second kappa shape index (κ2) is 8.98. The summed E-state index contributed by atoms with van der Waals surface area (Å²) in [7, 11) is 0. The van der Waals surface area contributed by atoms with Gasteiger partial charge in [0.2, 0.25) is 0 Å². The molecule has 0 unspecified atom stereocenters. The van der Waals surface area contributed by atoms with Crippen LogP contribution in [0.15, 0.2) is 0 Å². The van der Waals surface area contributed by atoms with Crippen LogP contribution in [0.3, 0.4) is 0 Å². The summed E-state index contributed by atoms with van der Waals surface area (Å²) in [6.45, 7) is 9.15. The van der Waals surface area contributed by atoms with Crippen molar-refractivity contribution in [1.82, 2.24) is 21.3 Å². The Morgan fingerprint density at radius 1 is 0.800 bits per heavy atom. The number of rotatable bonds is 7. The summed E-state index contributed by atoms with van der Waals surface area (Å²) in [6, 6.07) is 2.50. The molecule has 0 aromatic carbocycles. The predicted octanol–water partition coefficient (Wildman–Crippen LogP) is 1.23. The maximum Gasteiger partial charge on any atom is 0.0218 e. The molecule has 4 heteroatoms. The number of piperidine rings is 2. The third kappa shape index (κ3) is 5.32. The second-order valence-corrected chi connectivity index (χ2v) is 6.60. The minimum absolute atomic E-state index is 0.584. The molecule has 0 aromatic rings. The van der Waals surface area contributed by atoms with Crippen LogP contribution in [0.1, 0.15) is 52.4 Å². The summed E-state index contributed by atoms with van der Waals surface area (Å²) in [5.74, 6) is 0. The van der Waals surface area contributed by atoms with Gasteiger partial charge in [-0.2, -0.15) is 0 Å². The molecule has 0 aromatic heterocycles. The standard InChI is InChI=1S/C16H34N4/c1-13(15-7-3-5-9-19-15)17-11-12-18-14(2)16-8-4-6-10-20-16/h13-20H,3-12H2,1-2H3/t13-,14+,15-,16-/m1/s1. The molecule has 2 aliphatic heterocycles. The highest BCUT2D eigenvalue weighted by atomic mass is 15.1. The first-order chi connectivity index (χ1) is 9.77. The largest absolute Gasteiger partial charge is 0.312 e. The number of nitrogens with one attached hydrogen (secondary N) is 4. The normalized spacial score (nSPS) is 30.9. The fraction of sp³-hybridized carbons (Fsp3) is 1.00. The van der Waals surface area contributed by atoms with Gasteiger partial charge < -0.3 is 21.3 Å². The molecule has 0 radical (unpaired) electrons. The van der Waals surface area contributed by atoms with Gasteiger partial charge in [-0.15, -0.1) is 0 Å². The van der Waals surface area contributed by atoms with Crippen molar-refractivity contribution in [2.24, 2.45) is 0 Å². The summed E-state index contributed by atoms with van der Waals surface area (Å²) in [5, 5.41) is 14.6. The van der Waals surface area contributed by atoms with E-state index in [1.807, 2.05) is 0 Å². The van der Waals surface area contributed by atoms with Gasteiger partial charge in [0.25, 0.3) is 0 Å². The van der Waals surface area contributed by atoms with E-state index in [0.29, 0.717) is 24.2 Å². The van der Waals surface area contributed by atoms with Crippen LogP contribution < -0.4 is 21.3 Å². The number of hydrogen-bond donors (Lipinski definition) is 4. The van der Waals surface area contributed by atoms with Crippen molar-refractivity contribution in [2.75, 3.05) is 26.2 Å². The predicted molar refractivity (Wildman–Crippen MR) is 86.2 cm³/mol. The van der Waals surface area contributed by atoms with E-state index in [4.69, 9.17) is 0 Å². The Hall–Kier alpha value is -0.160. The zero-order valence-corrected chi connectivity index (χ0v) is 13.4. The van der Waals surface area contributed by atoms with E-state index < -0.39 is 0 Å². The van der Waals surface area contributed by atoms with Gasteiger partial charge in [0.15, 0.2) is 0 Å². The van der Waals surface area contributed by atoms with E-state index >= 15 is 0 Å². The first-order valence-electron chi connectivity index (χ1n) is 8.71. The SMILES string of the molecule is C[C@H](NCCN[C@H](C)[C@H]1CCCCN1)[C@H]1CCCCN1. The van der Waals surface area contributed by atoms with Crippen molar-refractivity contribution >= 4 is 0 Å². The van der Waals surface area contributed by atoms with Crippen molar-refractivity contribution in [3.8, 4) is 0 Å². The highest BCUT2D eigenvalue weighted by molar-refractivity contribution is 4.84. The molecule has 4 nitrogen and oxygen atoms in total. The van der Waals surface area contributed by atoms with Gasteiger partial charge in [0.1, 0.15) is 0 Å². The monoisotopic (exact) mass is 282 g/mol. The van der Waals surface area contributed by atoms with Gasteiger partial charge in [-0.05, 0) is 52.6 Å². The molecule has 20 heavy (non-hydrogen) atoms. The lowest BCUT2D eigenvalue weighted by molar-refractivity contribution is 0.308. The lowest BCUT2D eigenvalue weighted by Gasteiger charge is -2.31. The molecular weight excluding hydrogens is 248 g/mol. The van der Waals surface area contributed by atoms with E-state index in [2.05, 4.69) is 35.1 Å². The third-order valence-corrected chi connectivity index (χ3v) is 4.96. The Bertz CT molecular complexity index is 221. The summed E-state index contributed by atoms with van der Waals surface area (Å²) < 4.78 is 0. The molecule has 2 aliphatic rings. The van der Waals surface area contributed by atoms with E-state index in [1.54, 1.807) is 0 Å². The van der Waals surface area contributed by atoms with Gasteiger partial charge in [-0.1, -0.05) is 12.8 Å². The molecule has 2 rings (SSSR count). The number of hydrogen-bond acceptors (Lipinski definition) is 4. The molecular formula is C16H34N4. The fourth-order valence-corrected chi connectivity index (χ4v) is 3.50. The average molecular weight is 282 g/mol. The quantitative estimate of drug-likeness (QED) is 0.531. The van der Waals surface area contributed by atoms with Crippen LogP contribution in [-0.2, 0) is 0 Å². The molecule has 4 N–H and O–H groups in total. The van der Waals surface area contributed by atoms with Crippen molar-refractivity contribution in [3.63, 3.8) is 0 Å². The Morgan fingerprint density at radius 2 is 1.25 bits per heavy atom. The highest BCUT2D eigenvalue weighted by Crippen LogP contribution is 2.11. The first kappa shape index (κ1) is 16.2. The summed E-state index contributed by atoms with van der Waals surface area (Å²) >= 11 is 0. The van der Waals surface area contributed by atoms with Crippen molar-refractivity contribution in [3.05, 3.63) is 0 Å². The van der Waals surface area contributed by atoms with Gasteiger partial charge in [-0.3, -0.25) is 0 Å². The molecule has 0 aliphatic carbocycles. The lowest BCUT2D eigenvalue weighted by atomic mass is 9.99. The molecule has 2 saturated heterocycles. The smallest absolute Gasteiger partial charge is 0.0218 e. The van der Waals surface area contributed by atoms with Gasteiger partial charge in [-0.25, -0.2) is 0 Å². The van der Waals surface area contributed by atoms with Crippen LogP contribution in [0.4, 0.5) is 0 Å². The molecule has 118 valence electrons. The summed E-state index contributed by atoms with van der Waals surface area (Å²) in [4.78, 5) is 0. The van der Waals surface area contributed by atoms with Gasteiger partial charge in [0.05, 0.1) is 0 Å². The van der Waals surface area contributed by atoms with Gasteiger partial charge >= 0.3 is 0 Å². The van der Waals surface area contributed by atoms with Crippen LogP contribution in [0.2, 0.25) is 0 Å². The minimum Gasteiger partial charge on any atom is -0.312 e. The van der Waals surface area contributed by atoms with Gasteiger partial charge in [0, 0.05) is 37.3 Å². The Kier molecular flexibility index (Phi) is 7.28. The summed E-state index contributed by atoms with van der Waals surface area (Å²) in [6.07, 6.45) is 8.10. The van der Waals surface area contributed by atoms with Crippen LogP contribution in [0, 0.1) is 0 Å². The van der Waals surface area contributed by atoms with E-state index in [1.165, 1.54) is 51.6 Å². The minimum atomic E-state index is 0.584. The van der Waals surface area contributed by atoms with Crippen molar-refractivity contribution in [1.29, 1.82) is 0 Å². The molecule has 0 saturated carbocycles. The van der Waals surface area contributed by atoms with Crippen LogP contribution in [0.25, 0.3) is 0 Å².